The molecule has 1 saturated carbocycles. The average molecular weight is 354 g/mol. The molecule has 1 aliphatic rings. The van der Waals surface area contributed by atoms with Gasteiger partial charge in [0, 0.05) is 17.4 Å². The Labute approximate surface area is 133 Å². The third-order valence-electron chi connectivity index (χ3n) is 4.13. The first kappa shape index (κ1) is 16.0. The van der Waals surface area contributed by atoms with Crippen molar-refractivity contribution in [3.05, 3.63) is 34.3 Å². The summed E-state index contributed by atoms with van der Waals surface area (Å²) in [6.45, 7) is 0.481. The maximum absolute atomic E-state index is 12.1. The molecule has 0 saturated heterocycles. The fourth-order valence-corrected chi connectivity index (χ4v) is 3.33. The first-order valence-corrected chi connectivity index (χ1v) is 8.01. The van der Waals surface area contributed by atoms with Gasteiger partial charge >= 0.3 is 5.97 Å². The summed E-state index contributed by atoms with van der Waals surface area (Å²) in [7, 11) is 0. The van der Waals surface area contributed by atoms with Crippen LogP contribution in [0.2, 0.25) is 0 Å². The van der Waals surface area contributed by atoms with Crippen molar-refractivity contribution < 1.29 is 14.7 Å². The molecular formula is C16H20BrNO3. The van der Waals surface area contributed by atoms with Crippen LogP contribution in [0.5, 0.6) is 0 Å². The van der Waals surface area contributed by atoms with Crippen LogP contribution in [0.25, 0.3) is 0 Å². The summed E-state index contributed by atoms with van der Waals surface area (Å²) in [4.78, 5) is 23.1. The summed E-state index contributed by atoms with van der Waals surface area (Å²) in [5, 5.41) is 11.9. The second kappa shape index (κ2) is 7.07. The van der Waals surface area contributed by atoms with Crippen LogP contribution in [-0.4, -0.2) is 17.0 Å². The SMILES string of the molecule is O=C(O)CC1(CC(=O)NCc2ccc(Br)cc2)CCCC1. The number of carboxylic acid groups (broad SMARTS) is 1. The van der Waals surface area contributed by atoms with Gasteiger partial charge in [-0.3, -0.25) is 9.59 Å². The number of hydrogen-bond donors (Lipinski definition) is 2. The Bertz CT molecular complexity index is 507. The van der Waals surface area contributed by atoms with E-state index in [0.29, 0.717) is 13.0 Å². The minimum Gasteiger partial charge on any atom is -0.481 e. The summed E-state index contributed by atoms with van der Waals surface area (Å²) in [6.07, 6.45) is 4.13. The minimum absolute atomic E-state index is 0.0546. The van der Waals surface area contributed by atoms with Crippen LogP contribution in [-0.2, 0) is 16.1 Å². The van der Waals surface area contributed by atoms with E-state index < -0.39 is 5.97 Å². The van der Waals surface area contributed by atoms with Gasteiger partial charge in [-0.15, -0.1) is 0 Å². The van der Waals surface area contributed by atoms with Crippen molar-refractivity contribution in [3.63, 3.8) is 0 Å². The molecule has 1 amide bonds. The molecule has 0 heterocycles. The number of carbonyl (C=O) groups is 2. The first-order valence-electron chi connectivity index (χ1n) is 7.22. The van der Waals surface area contributed by atoms with Crippen LogP contribution in [0, 0.1) is 5.41 Å². The lowest BCUT2D eigenvalue weighted by Crippen LogP contribution is -2.31. The van der Waals surface area contributed by atoms with Gasteiger partial charge in [-0.05, 0) is 36.0 Å². The van der Waals surface area contributed by atoms with E-state index in [-0.39, 0.29) is 17.7 Å². The van der Waals surface area contributed by atoms with Crippen molar-refractivity contribution in [2.75, 3.05) is 0 Å². The third kappa shape index (κ3) is 4.84. The molecule has 5 heteroatoms. The normalized spacial score (nSPS) is 16.6. The lowest BCUT2D eigenvalue weighted by Gasteiger charge is -2.26. The number of benzene rings is 1. The Morgan fingerprint density at radius 3 is 2.33 bits per heavy atom. The highest BCUT2D eigenvalue weighted by Crippen LogP contribution is 2.44. The predicted octanol–water partition coefficient (Wildman–Crippen LogP) is 3.49. The Morgan fingerprint density at radius 2 is 1.76 bits per heavy atom. The smallest absolute Gasteiger partial charge is 0.303 e. The maximum Gasteiger partial charge on any atom is 0.303 e. The number of aliphatic carboxylic acids is 1. The molecule has 1 fully saturated rings. The van der Waals surface area contributed by atoms with Gasteiger partial charge in [0.25, 0.3) is 0 Å². The number of halogens is 1. The molecule has 2 rings (SSSR count). The molecule has 0 spiro atoms. The second-order valence-corrected chi connectivity index (χ2v) is 6.77. The summed E-state index contributed by atoms with van der Waals surface area (Å²) in [6, 6.07) is 7.77. The Morgan fingerprint density at radius 1 is 1.14 bits per heavy atom. The number of rotatable bonds is 6. The van der Waals surface area contributed by atoms with Crippen molar-refractivity contribution in [3.8, 4) is 0 Å². The maximum atomic E-state index is 12.1. The summed E-state index contributed by atoms with van der Waals surface area (Å²) < 4.78 is 1.00. The monoisotopic (exact) mass is 353 g/mol. The van der Waals surface area contributed by atoms with Crippen LogP contribution >= 0.6 is 15.9 Å². The average Bonchev–Trinajstić information content (AvgIpc) is 2.85. The number of nitrogens with one attached hydrogen (secondary N) is 1. The number of carboxylic acids is 1. The molecule has 0 radical (unpaired) electrons. The zero-order chi connectivity index (χ0) is 15.3. The summed E-state index contributed by atoms with van der Waals surface area (Å²) in [5.41, 5.74) is 0.695. The Balaban J connectivity index is 1.87. The van der Waals surface area contributed by atoms with Crippen molar-refractivity contribution >= 4 is 27.8 Å². The van der Waals surface area contributed by atoms with Gasteiger partial charge < -0.3 is 10.4 Å². The van der Waals surface area contributed by atoms with Gasteiger partial charge in [0.05, 0.1) is 6.42 Å². The number of hydrogen-bond acceptors (Lipinski definition) is 2. The molecule has 0 aromatic heterocycles. The van der Waals surface area contributed by atoms with Gasteiger partial charge in [-0.1, -0.05) is 40.9 Å². The highest BCUT2D eigenvalue weighted by Gasteiger charge is 2.37. The summed E-state index contributed by atoms with van der Waals surface area (Å²) in [5.74, 6) is -0.862. The zero-order valence-electron chi connectivity index (χ0n) is 11.9. The third-order valence-corrected chi connectivity index (χ3v) is 4.66. The van der Waals surface area contributed by atoms with Crippen LogP contribution in [0.3, 0.4) is 0 Å². The van der Waals surface area contributed by atoms with Gasteiger partial charge in [-0.25, -0.2) is 0 Å². The lowest BCUT2D eigenvalue weighted by molar-refractivity contribution is -0.140. The van der Waals surface area contributed by atoms with Crippen LogP contribution < -0.4 is 5.32 Å². The van der Waals surface area contributed by atoms with Crippen LogP contribution in [0.15, 0.2) is 28.7 Å². The molecule has 1 aromatic carbocycles. The highest BCUT2D eigenvalue weighted by molar-refractivity contribution is 9.10. The zero-order valence-corrected chi connectivity index (χ0v) is 13.5. The molecule has 1 aliphatic carbocycles. The van der Waals surface area contributed by atoms with E-state index in [4.69, 9.17) is 5.11 Å². The molecule has 2 N–H and O–H groups in total. The molecule has 0 aliphatic heterocycles. The van der Waals surface area contributed by atoms with Crippen LogP contribution in [0.1, 0.15) is 44.1 Å². The van der Waals surface area contributed by atoms with E-state index >= 15 is 0 Å². The van der Waals surface area contributed by atoms with E-state index in [1.54, 1.807) is 0 Å². The second-order valence-electron chi connectivity index (χ2n) is 5.86. The standard InChI is InChI=1S/C16H20BrNO3/c17-13-5-3-12(4-6-13)11-18-14(19)9-16(10-15(20)21)7-1-2-8-16/h3-6H,1-2,7-11H2,(H,18,19)(H,20,21). The fourth-order valence-electron chi connectivity index (χ4n) is 3.07. The van der Waals surface area contributed by atoms with Gasteiger partial charge in [0.2, 0.25) is 5.91 Å². The van der Waals surface area contributed by atoms with E-state index in [2.05, 4.69) is 21.2 Å². The summed E-state index contributed by atoms with van der Waals surface area (Å²) >= 11 is 3.37. The molecular weight excluding hydrogens is 334 g/mol. The minimum atomic E-state index is -0.808. The number of amides is 1. The fraction of sp³-hybridized carbons (Fsp3) is 0.500. The lowest BCUT2D eigenvalue weighted by atomic mass is 9.79. The largest absolute Gasteiger partial charge is 0.481 e. The van der Waals surface area contributed by atoms with Crippen molar-refractivity contribution in [1.82, 2.24) is 5.32 Å². The number of carbonyl (C=O) groups excluding carboxylic acids is 1. The van der Waals surface area contributed by atoms with Gasteiger partial charge in [0.15, 0.2) is 0 Å². The van der Waals surface area contributed by atoms with Gasteiger partial charge in [-0.2, -0.15) is 0 Å². The van der Waals surface area contributed by atoms with E-state index in [9.17, 15) is 9.59 Å². The van der Waals surface area contributed by atoms with E-state index in [0.717, 1.165) is 35.7 Å². The molecule has 114 valence electrons. The highest BCUT2D eigenvalue weighted by atomic mass is 79.9. The molecule has 0 unspecified atom stereocenters. The van der Waals surface area contributed by atoms with Crippen molar-refractivity contribution in [2.45, 2.75) is 45.1 Å². The van der Waals surface area contributed by atoms with E-state index in [1.807, 2.05) is 24.3 Å². The van der Waals surface area contributed by atoms with E-state index in [1.165, 1.54) is 0 Å². The Hall–Kier alpha value is -1.36. The molecule has 4 nitrogen and oxygen atoms in total. The molecule has 1 aromatic rings. The van der Waals surface area contributed by atoms with Gasteiger partial charge in [0.1, 0.15) is 0 Å². The van der Waals surface area contributed by atoms with Crippen molar-refractivity contribution in [1.29, 1.82) is 0 Å². The first-order chi connectivity index (χ1) is 9.99. The van der Waals surface area contributed by atoms with Crippen molar-refractivity contribution in [2.24, 2.45) is 5.41 Å². The Kier molecular flexibility index (Phi) is 5.39. The quantitative estimate of drug-likeness (QED) is 0.822. The van der Waals surface area contributed by atoms with Crippen LogP contribution in [0.4, 0.5) is 0 Å². The molecule has 21 heavy (non-hydrogen) atoms. The predicted molar refractivity (Wildman–Crippen MR) is 83.8 cm³/mol. The molecule has 0 atom stereocenters. The topological polar surface area (TPSA) is 66.4 Å². The molecule has 0 bridgehead atoms.